The summed E-state index contributed by atoms with van der Waals surface area (Å²) in [7, 11) is 0. The molecule has 0 saturated carbocycles. The smallest absolute Gasteiger partial charge is 0.303 e. The predicted molar refractivity (Wildman–Crippen MR) is 254 cm³/mol. The van der Waals surface area contributed by atoms with E-state index in [1.807, 2.05) is 0 Å². The van der Waals surface area contributed by atoms with Crippen LogP contribution in [0.15, 0.2) is 36.4 Å². The Morgan fingerprint density at radius 1 is 0.423 bits per heavy atom. The van der Waals surface area contributed by atoms with E-state index in [9.17, 15) is 33.6 Å². The number of rotatable bonds is 16. The fourth-order valence-corrected chi connectivity index (χ4v) is 10.5. The van der Waals surface area contributed by atoms with Crippen molar-refractivity contribution in [3.63, 3.8) is 0 Å². The average Bonchev–Trinajstić information content (AvgIpc) is 3.21. The summed E-state index contributed by atoms with van der Waals surface area (Å²) in [6, 6.07) is 8.32. The Balaban J connectivity index is 1.64. The lowest BCUT2D eigenvalue weighted by atomic mass is 9.84. The van der Waals surface area contributed by atoms with Crippen LogP contribution in [0, 0.1) is 0 Å². The molecule has 26 heteroatoms. The number of carbonyl (C=O) groups excluding carboxylic acids is 7. The van der Waals surface area contributed by atoms with Crippen LogP contribution in [0.3, 0.4) is 0 Å². The average molecular weight is 1150 g/mol. The molecule has 0 unspecified atom stereocenters. The van der Waals surface area contributed by atoms with Crippen molar-refractivity contribution in [2.45, 2.75) is 116 Å². The molecule has 386 valence electrons. The van der Waals surface area contributed by atoms with Crippen molar-refractivity contribution < 1.29 is 85.7 Å². The molecular weight excluding hydrogens is 1110 g/mol. The van der Waals surface area contributed by atoms with Gasteiger partial charge in [-0.3, -0.25) is 33.6 Å². The van der Waals surface area contributed by atoms with E-state index < -0.39 is 122 Å². The van der Waals surface area contributed by atoms with E-state index in [1.54, 1.807) is 0 Å². The van der Waals surface area contributed by atoms with Crippen molar-refractivity contribution in [2.24, 2.45) is 0 Å². The molecule has 0 N–H and O–H groups in total. The van der Waals surface area contributed by atoms with Gasteiger partial charge in [-0.2, -0.15) is 0 Å². The molecule has 0 aromatic heterocycles. The SMILES string of the molecule is CC(=O)OC[C@H]1O[C@H](O[C@H]2[C@H](OC(C)=O)[C@@H](OC(C)=O)[C@H](Oc3cc(Cl)c(C(c4c(Cl)cc(Cl)cc4Cl)c4c(Cl)cc(Cl)cc4Cl)c(Cl)c3)O[C@@H]2COC(C)=O)[C@H](OC(C)=O)[C@@H](OC(C)=O)[C@@H]1OC(C)=O. The van der Waals surface area contributed by atoms with Crippen LogP contribution in [0.5, 0.6) is 5.75 Å². The van der Waals surface area contributed by atoms with E-state index in [0.29, 0.717) is 0 Å². The van der Waals surface area contributed by atoms with Gasteiger partial charge in [0.25, 0.3) is 0 Å². The maximum Gasteiger partial charge on any atom is 0.303 e. The van der Waals surface area contributed by atoms with E-state index in [2.05, 4.69) is 0 Å². The van der Waals surface area contributed by atoms with Crippen LogP contribution < -0.4 is 4.74 Å². The molecule has 2 saturated heterocycles. The van der Waals surface area contributed by atoms with Gasteiger partial charge in [-0.15, -0.1) is 0 Å². The third-order valence-electron chi connectivity index (χ3n) is 10.1. The second-order valence-corrected chi connectivity index (χ2v) is 18.9. The largest absolute Gasteiger partial charge is 0.463 e. The number of benzene rings is 3. The molecule has 18 nitrogen and oxygen atoms in total. The Morgan fingerprint density at radius 3 is 1.11 bits per heavy atom. The monoisotopic (exact) mass is 1150 g/mol. The normalized spacial score (nSPS) is 24.0. The summed E-state index contributed by atoms with van der Waals surface area (Å²) >= 11 is 53.8. The van der Waals surface area contributed by atoms with Gasteiger partial charge < -0.3 is 52.1 Å². The summed E-state index contributed by atoms with van der Waals surface area (Å²) in [5, 5.41) is 0.539. The topological polar surface area (TPSA) is 221 Å². The van der Waals surface area contributed by atoms with Gasteiger partial charge in [0.05, 0.1) is 0 Å². The van der Waals surface area contributed by atoms with Gasteiger partial charge in [0, 0.05) is 111 Å². The molecule has 0 radical (unpaired) electrons. The lowest BCUT2D eigenvalue weighted by Gasteiger charge is -2.48. The van der Waals surface area contributed by atoms with Crippen LogP contribution in [-0.2, 0) is 80.9 Å². The van der Waals surface area contributed by atoms with Crippen LogP contribution >= 0.6 is 92.8 Å². The summed E-state index contributed by atoms with van der Waals surface area (Å²) in [4.78, 5) is 87.7. The van der Waals surface area contributed by atoms with Gasteiger partial charge in [0.1, 0.15) is 37.3 Å². The van der Waals surface area contributed by atoms with Crippen LogP contribution in [0.4, 0.5) is 0 Å². The van der Waals surface area contributed by atoms with Gasteiger partial charge in [0.2, 0.25) is 12.4 Å². The maximum absolute atomic E-state index is 13.0. The maximum atomic E-state index is 13.0. The first-order valence-electron chi connectivity index (χ1n) is 20.8. The highest BCUT2D eigenvalue weighted by Crippen LogP contribution is 2.51. The van der Waals surface area contributed by atoms with Crippen LogP contribution in [-0.4, -0.2) is 116 Å². The zero-order valence-corrected chi connectivity index (χ0v) is 44.1. The molecule has 10 atom stereocenters. The fraction of sp³-hybridized carbons (Fsp3) is 0.444. The summed E-state index contributed by atoms with van der Waals surface area (Å²) < 4.78 is 63.7. The zero-order chi connectivity index (χ0) is 52.8. The second-order valence-electron chi connectivity index (χ2n) is 15.6. The molecule has 5 rings (SSSR count). The summed E-state index contributed by atoms with van der Waals surface area (Å²) in [6.45, 7) is 5.88. The first-order chi connectivity index (χ1) is 33.2. The minimum absolute atomic E-state index is 0.0813. The quantitative estimate of drug-likeness (QED) is 0.0741. The Hall–Kier alpha value is -4.05. The van der Waals surface area contributed by atoms with Crippen LogP contribution in [0.2, 0.25) is 40.2 Å². The van der Waals surface area contributed by atoms with Gasteiger partial charge in [-0.25, -0.2) is 0 Å². The number of carbonyl (C=O) groups is 7. The van der Waals surface area contributed by atoms with Crippen molar-refractivity contribution in [1.29, 1.82) is 0 Å². The number of esters is 7. The molecule has 0 bridgehead atoms. The third kappa shape index (κ3) is 15.0. The standard InChI is InChI=1S/C45H42Cl8O18/c1-16(54)61-14-32-38(63-18(3)56)40(64-19(4)57)43(67-22(7)60)45(70-32)71-39-33(15-62-17(2)55)69-44(42(66-21(6)59)41(39)65-20(5)58)68-25-12-30(52)36(31(53)13-25)37(34-26(48)8-23(46)9-27(34)49)35-28(50)10-24(47)11-29(35)51/h8-13,32-33,37-45H,14-15H2,1-7H3/t32-,33-,38-,39-,40+,41+,42-,43-,44-,45-/m1/s1. The van der Waals surface area contributed by atoms with Gasteiger partial charge in [0.15, 0.2) is 30.7 Å². The van der Waals surface area contributed by atoms with Crippen molar-refractivity contribution in [1.82, 2.24) is 0 Å². The lowest BCUT2D eigenvalue weighted by Crippen LogP contribution is -2.67. The Morgan fingerprint density at radius 2 is 0.732 bits per heavy atom. The highest BCUT2D eigenvalue weighted by atomic mass is 35.5. The molecule has 0 amide bonds. The van der Waals surface area contributed by atoms with E-state index in [4.69, 9.17) is 145 Å². The molecule has 2 heterocycles. The predicted octanol–water partition coefficient (Wildman–Crippen LogP) is 9.09. The Kier molecular flexibility index (Phi) is 20.6. The van der Waals surface area contributed by atoms with Crippen molar-refractivity contribution in [2.75, 3.05) is 13.2 Å². The minimum Gasteiger partial charge on any atom is -0.463 e. The number of halogens is 8. The van der Waals surface area contributed by atoms with Gasteiger partial charge in [-0.05, 0) is 36.4 Å². The van der Waals surface area contributed by atoms with Crippen molar-refractivity contribution in [3.05, 3.63) is 93.3 Å². The number of hydrogen-bond donors (Lipinski definition) is 0. The second kappa shape index (κ2) is 25.3. The lowest BCUT2D eigenvalue weighted by molar-refractivity contribution is -0.354. The summed E-state index contributed by atoms with van der Waals surface area (Å²) in [6.07, 6.45) is -17.2. The molecule has 2 aliphatic rings. The van der Waals surface area contributed by atoms with E-state index in [-0.39, 0.29) is 62.6 Å². The van der Waals surface area contributed by atoms with Gasteiger partial charge in [-0.1, -0.05) is 92.8 Å². The van der Waals surface area contributed by atoms with Crippen molar-refractivity contribution in [3.8, 4) is 5.75 Å². The third-order valence-corrected chi connectivity index (χ3v) is 12.5. The molecule has 2 aliphatic heterocycles. The Labute approximate surface area is 445 Å². The number of hydrogen-bond acceptors (Lipinski definition) is 18. The molecule has 3 aromatic carbocycles. The molecule has 71 heavy (non-hydrogen) atoms. The Bertz CT molecular complexity index is 2420. The van der Waals surface area contributed by atoms with E-state index >= 15 is 0 Å². The zero-order valence-electron chi connectivity index (χ0n) is 38.1. The van der Waals surface area contributed by atoms with Crippen molar-refractivity contribution >= 4 is 135 Å². The molecule has 0 spiro atoms. The van der Waals surface area contributed by atoms with Gasteiger partial charge >= 0.3 is 41.8 Å². The summed E-state index contributed by atoms with van der Waals surface area (Å²) in [5.74, 6) is -7.63. The highest BCUT2D eigenvalue weighted by Gasteiger charge is 2.58. The first-order valence-corrected chi connectivity index (χ1v) is 23.8. The minimum atomic E-state index is -1.92. The molecule has 2 fully saturated rings. The number of ether oxygens (including phenoxy) is 11. The fourth-order valence-electron chi connectivity index (χ4n) is 7.70. The molecular formula is C45H42Cl8O18. The first kappa shape index (κ1) is 57.8. The summed E-state index contributed by atoms with van der Waals surface area (Å²) in [5.41, 5.74) is 0.641. The van der Waals surface area contributed by atoms with Crippen LogP contribution in [0.25, 0.3) is 0 Å². The molecule has 3 aromatic rings. The van der Waals surface area contributed by atoms with E-state index in [1.165, 1.54) is 36.4 Å². The molecule has 0 aliphatic carbocycles. The van der Waals surface area contributed by atoms with E-state index in [0.717, 1.165) is 48.5 Å². The highest BCUT2D eigenvalue weighted by molar-refractivity contribution is 6.42. The van der Waals surface area contributed by atoms with Crippen LogP contribution in [0.1, 0.15) is 71.1 Å².